The van der Waals surface area contributed by atoms with Crippen molar-refractivity contribution in [2.24, 2.45) is 10.9 Å². The normalized spacial score (nSPS) is 11.5. The van der Waals surface area contributed by atoms with Crippen molar-refractivity contribution in [3.63, 3.8) is 0 Å². The molecule has 0 atom stereocenters. The molecule has 9 rings (SSSR count). The zero-order chi connectivity index (χ0) is 73.2. The van der Waals surface area contributed by atoms with Gasteiger partial charge in [0.1, 0.15) is 39.9 Å². The van der Waals surface area contributed by atoms with Gasteiger partial charge in [-0.25, -0.2) is 27.6 Å². The number of aldehydes is 1. The van der Waals surface area contributed by atoms with Crippen LogP contribution in [-0.4, -0.2) is 101 Å². The summed E-state index contributed by atoms with van der Waals surface area (Å²) in [6.07, 6.45) is 3.86. The number of nitrogens with two attached hydrogens (primary N) is 1. The number of rotatable bonds is 24. The Bertz CT molecular complexity index is 4360. The fourth-order valence-corrected chi connectivity index (χ4v) is 10.8. The third-order valence-corrected chi connectivity index (χ3v) is 15.2. The summed E-state index contributed by atoms with van der Waals surface area (Å²) in [6, 6.07) is 36.6. The number of benzene rings is 6. The maximum Gasteiger partial charge on any atom is 0.339 e. The number of aryl methyl sites for hydroxylation is 3. The number of imidazole rings is 3. The standard InChI is InChI=1S/C26H30FN3O4.C26H32FN3O3.C26H29FN2O4/c1-6-22-23(15-28-32)30(25(29-22)33-7-2)16-18-13-12-17(14-21(18)27)19-10-8-9-11-20(19)24(31)34-26(3,4)5;1-6-22-23(15-28)30(25(29-22)32-7-2)16-18-13-12-17(14-21(18)27)19-10-8-9-11-20(19)24(31)33-26(3,4)5;1-6-22-23(16-30)29(25(28-22)32-7-2)15-18-13-12-17(14-21(18)27)19-10-8-9-11-20(19)24(31)33-26(3,4)5/h8-15,32H,6-7,16H2,1-5H3;8-14H,6-7,15-16,28H2,1-5H3;8-14,16H,6-7,15H2,1-5H3/b28-15-;;. The van der Waals surface area contributed by atoms with Gasteiger partial charge >= 0.3 is 17.9 Å². The average Bonchev–Trinajstić information content (AvgIpc) is 1.54. The van der Waals surface area contributed by atoms with Crippen LogP contribution in [0.4, 0.5) is 13.2 Å². The molecule has 0 saturated carbocycles. The number of halogens is 3. The second-order valence-corrected chi connectivity index (χ2v) is 26.0. The third-order valence-electron chi connectivity index (χ3n) is 15.2. The molecule has 100 heavy (non-hydrogen) atoms. The highest BCUT2D eigenvalue weighted by atomic mass is 19.1. The number of nitrogens with zero attached hydrogens (tertiary/aromatic N) is 7. The lowest BCUT2D eigenvalue weighted by molar-refractivity contribution is 0.00578. The summed E-state index contributed by atoms with van der Waals surface area (Å²) >= 11 is 0. The summed E-state index contributed by atoms with van der Waals surface area (Å²) in [5.41, 5.74) is 13.8. The third kappa shape index (κ3) is 19.7. The number of hydrogen-bond donors (Lipinski definition) is 2. The predicted molar refractivity (Wildman–Crippen MR) is 379 cm³/mol. The zero-order valence-corrected chi connectivity index (χ0v) is 59.7. The van der Waals surface area contributed by atoms with Crippen molar-refractivity contribution >= 4 is 30.4 Å². The molecule has 0 amide bonds. The Kier molecular flexibility index (Phi) is 26.5. The molecule has 0 unspecified atom stereocenters. The Balaban J connectivity index is 0.000000211. The van der Waals surface area contributed by atoms with Gasteiger partial charge in [0, 0.05) is 23.2 Å². The van der Waals surface area contributed by atoms with E-state index in [-0.39, 0.29) is 38.0 Å². The van der Waals surface area contributed by atoms with Crippen LogP contribution in [-0.2, 0) is 59.7 Å². The van der Waals surface area contributed by atoms with E-state index < -0.39 is 46.3 Å². The quantitative estimate of drug-likeness (QED) is 0.0143. The molecule has 0 saturated heterocycles. The van der Waals surface area contributed by atoms with Crippen molar-refractivity contribution in [1.82, 2.24) is 28.7 Å². The van der Waals surface area contributed by atoms with Gasteiger partial charge in [0.05, 0.1) is 90.8 Å². The molecule has 0 aliphatic carbocycles. The fraction of sp³-hybridized carbons (Fsp3) is 0.359. The maximum atomic E-state index is 15.3. The van der Waals surface area contributed by atoms with Crippen molar-refractivity contribution in [3.05, 3.63) is 212 Å². The summed E-state index contributed by atoms with van der Waals surface area (Å²) in [6.45, 7) is 29.6. The Morgan fingerprint density at radius 2 is 0.780 bits per heavy atom. The van der Waals surface area contributed by atoms with E-state index >= 15 is 13.2 Å². The maximum absolute atomic E-state index is 15.3. The van der Waals surface area contributed by atoms with E-state index in [1.54, 1.807) is 148 Å². The van der Waals surface area contributed by atoms with Crippen LogP contribution in [0, 0.1) is 17.5 Å². The lowest BCUT2D eigenvalue weighted by atomic mass is 9.98. The molecule has 0 radical (unpaired) electrons. The Morgan fingerprint density at radius 1 is 0.470 bits per heavy atom. The van der Waals surface area contributed by atoms with E-state index in [0.717, 1.165) is 17.7 Å². The van der Waals surface area contributed by atoms with Crippen molar-refractivity contribution in [2.45, 2.75) is 166 Å². The van der Waals surface area contributed by atoms with Gasteiger partial charge in [0.2, 0.25) is 0 Å². The fourth-order valence-electron chi connectivity index (χ4n) is 10.8. The first-order chi connectivity index (χ1) is 47.5. The summed E-state index contributed by atoms with van der Waals surface area (Å²) in [4.78, 5) is 63.1. The Labute approximate surface area is 583 Å². The molecular formula is C78H91F3N8O11. The summed E-state index contributed by atoms with van der Waals surface area (Å²) in [5, 5.41) is 12.2. The van der Waals surface area contributed by atoms with Crippen LogP contribution in [0.25, 0.3) is 33.4 Å². The van der Waals surface area contributed by atoms with Crippen LogP contribution in [0.1, 0.15) is 191 Å². The van der Waals surface area contributed by atoms with Crippen molar-refractivity contribution < 1.29 is 66.0 Å². The lowest BCUT2D eigenvalue weighted by Gasteiger charge is -2.20. The Hall–Kier alpha value is -10.4. The van der Waals surface area contributed by atoms with Crippen molar-refractivity contribution in [1.29, 1.82) is 0 Å². The monoisotopic (exact) mass is 1370 g/mol. The van der Waals surface area contributed by atoms with Gasteiger partial charge < -0.3 is 39.4 Å². The van der Waals surface area contributed by atoms with Crippen LogP contribution in [0.3, 0.4) is 0 Å². The minimum absolute atomic E-state index is 0.0935. The highest BCUT2D eigenvalue weighted by Gasteiger charge is 2.27. The predicted octanol–water partition coefficient (Wildman–Crippen LogP) is 16.0. The first-order valence-corrected chi connectivity index (χ1v) is 33.4. The van der Waals surface area contributed by atoms with E-state index in [2.05, 4.69) is 20.1 Å². The molecule has 3 aromatic heterocycles. The van der Waals surface area contributed by atoms with Gasteiger partial charge in [0.15, 0.2) is 6.29 Å². The van der Waals surface area contributed by atoms with E-state index in [0.29, 0.717) is 141 Å². The molecule has 0 spiro atoms. The molecule has 3 heterocycles. The van der Waals surface area contributed by atoms with Crippen molar-refractivity contribution in [3.8, 4) is 51.4 Å². The van der Waals surface area contributed by atoms with E-state index in [4.69, 9.17) is 39.4 Å². The molecule has 0 aliphatic rings. The minimum Gasteiger partial charge on any atom is -0.465 e. The molecule has 530 valence electrons. The number of ether oxygens (including phenoxy) is 6. The van der Waals surface area contributed by atoms with Gasteiger partial charge in [-0.1, -0.05) is 117 Å². The zero-order valence-electron chi connectivity index (χ0n) is 59.7. The second kappa shape index (κ2) is 34.4. The van der Waals surface area contributed by atoms with E-state index in [1.807, 2.05) is 79.0 Å². The highest BCUT2D eigenvalue weighted by Crippen LogP contribution is 2.33. The first-order valence-electron chi connectivity index (χ1n) is 33.4. The second-order valence-electron chi connectivity index (χ2n) is 26.0. The highest BCUT2D eigenvalue weighted by molar-refractivity contribution is 5.99. The SMILES string of the molecule is CCOc1nc(CC)c(/C=N\O)n1Cc1ccc(-c2ccccc2C(=O)OC(C)(C)C)cc1F.CCOc1nc(CC)c(C=O)n1Cc1ccc(-c2ccccc2C(=O)OC(C)(C)C)cc1F.CCOc1nc(CC)c(CN)n1Cc1ccc(-c2ccccc2C(=O)OC(C)(C)C)cc1F. The molecule has 6 aromatic carbocycles. The average molecular weight is 1370 g/mol. The van der Waals surface area contributed by atoms with Crippen LogP contribution >= 0.6 is 0 Å². The van der Waals surface area contributed by atoms with E-state index in [9.17, 15) is 19.2 Å². The number of carbonyl (C=O) groups excluding carboxylic acids is 4. The van der Waals surface area contributed by atoms with Gasteiger partial charge in [-0.2, -0.15) is 15.0 Å². The molecule has 3 N–H and O–H groups in total. The molecule has 0 bridgehead atoms. The number of oxime groups is 1. The van der Waals surface area contributed by atoms with E-state index in [1.165, 1.54) is 24.4 Å². The molecule has 9 aromatic rings. The molecule has 0 fully saturated rings. The topological polar surface area (TPSA) is 236 Å². The largest absolute Gasteiger partial charge is 0.465 e. The Morgan fingerprint density at radius 3 is 1.08 bits per heavy atom. The van der Waals surface area contributed by atoms with Crippen molar-refractivity contribution in [2.75, 3.05) is 19.8 Å². The smallest absolute Gasteiger partial charge is 0.339 e. The van der Waals surface area contributed by atoms with Crippen LogP contribution in [0.2, 0.25) is 0 Å². The molecular weight excluding hydrogens is 1280 g/mol. The number of aromatic nitrogens is 6. The molecule has 19 nitrogen and oxygen atoms in total. The molecule has 0 aliphatic heterocycles. The van der Waals surface area contributed by atoms with Gasteiger partial charge in [-0.05, 0) is 172 Å². The van der Waals surface area contributed by atoms with Gasteiger partial charge in [-0.15, -0.1) is 0 Å². The minimum atomic E-state index is -0.644. The molecule has 22 heteroatoms. The van der Waals surface area contributed by atoms with Gasteiger partial charge in [0.25, 0.3) is 18.0 Å². The number of hydrogen-bond acceptors (Lipinski definition) is 16. The number of esters is 3. The summed E-state index contributed by atoms with van der Waals surface area (Å²) in [7, 11) is 0. The first kappa shape index (κ1) is 77.0. The lowest BCUT2D eigenvalue weighted by Crippen LogP contribution is -2.24. The summed E-state index contributed by atoms with van der Waals surface area (Å²) < 4.78 is 84.2. The van der Waals surface area contributed by atoms with Crippen LogP contribution in [0.15, 0.2) is 133 Å². The van der Waals surface area contributed by atoms with Gasteiger partial charge in [-0.3, -0.25) is 18.5 Å². The van der Waals surface area contributed by atoms with Crippen LogP contribution < -0.4 is 19.9 Å². The number of carbonyl (C=O) groups is 4. The van der Waals surface area contributed by atoms with Crippen LogP contribution in [0.5, 0.6) is 18.0 Å². The summed E-state index contributed by atoms with van der Waals surface area (Å²) in [5.74, 6) is -2.67.